The Morgan fingerprint density at radius 1 is 0.958 bits per heavy atom. The van der Waals surface area contributed by atoms with Gasteiger partial charge in [-0.2, -0.15) is 0 Å². The Balaban J connectivity index is 1.79. The minimum absolute atomic E-state index is 0.713. The van der Waals surface area contributed by atoms with Crippen molar-refractivity contribution in [2.75, 3.05) is 11.9 Å². The second-order valence-corrected chi connectivity index (χ2v) is 7.33. The van der Waals surface area contributed by atoms with Gasteiger partial charge in [-0.3, -0.25) is 0 Å². The topological polar surface area (TPSA) is 21.3 Å². The first-order chi connectivity index (χ1) is 11.7. The van der Waals surface area contributed by atoms with Crippen LogP contribution in [0.5, 0.6) is 5.75 Å². The molecule has 124 valence electrons. The predicted molar refractivity (Wildman–Crippen MR) is 109 cm³/mol. The molecule has 0 unspecified atom stereocenters. The Bertz CT molecular complexity index is 820. The van der Waals surface area contributed by atoms with Crippen LogP contribution in [-0.2, 0) is 6.54 Å². The minimum atomic E-state index is 0.713. The summed E-state index contributed by atoms with van der Waals surface area (Å²) in [7, 11) is 0. The molecule has 4 heteroatoms. The van der Waals surface area contributed by atoms with Gasteiger partial charge in [-0.25, -0.2) is 0 Å². The lowest BCUT2D eigenvalue weighted by Crippen LogP contribution is -2.02. The molecule has 24 heavy (non-hydrogen) atoms. The van der Waals surface area contributed by atoms with E-state index >= 15 is 0 Å². The van der Waals surface area contributed by atoms with Crippen LogP contribution in [0.4, 0.5) is 5.69 Å². The van der Waals surface area contributed by atoms with Gasteiger partial charge in [-0.05, 0) is 67.4 Å². The number of benzene rings is 3. The quantitative estimate of drug-likeness (QED) is 0.449. The maximum Gasteiger partial charge on any atom is 0.147 e. The van der Waals surface area contributed by atoms with Crippen molar-refractivity contribution in [2.24, 2.45) is 0 Å². The van der Waals surface area contributed by atoms with E-state index in [0.717, 1.165) is 33.3 Å². The van der Waals surface area contributed by atoms with Crippen LogP contribution in [0.2, 0.25) is 0 Å². The average molecular weight is 449 g/mol. The summed E-state index contributed by atoms with van der Waals surface area (Å²) >= 11 is 7.22. The van der Waals surface area contributed by atoms with Crippen molar-refractivity contribution in [1.29, 1.82) is 0 Å². The predicted octanol–water partition coefficient (Wildman–Crippen LogP) is 6.77. The molecule has 0 spiro atoms. The minimum Gasteiger partial charge on any atom is -0.491 e. The van der Waals surface area contributed by atoms with Crippen LogP contribution in [-0.4, -0.2) is 6.61 Å². The van der Waals surface area contributed by atoms with E-state index in [9.17, 15) is 0 Å². The van der Waals surface area contributed by atoms with E-state index in [4.69, 9.17) is 4.74 Å². The molecule has 1 N–H and O–H groups in total. The van der Waals surface area contributed by atoms with Crippen LogP contribution in [0.3, 0.4) is 0 Å². The van der Waals surface area contributed by atoms with Crippen molar-refractivity contribution in [3.8, 4) is 5.75 Å². The van der Waals surface area contributed by atoms with Crippen LogP contribution in [0.1, 0.15) is 18.9 Å². The van der Waals surface area contributed by atoms with Gasteiger partial charge in [0, 0.05) is 17.6 Å². The molecule has 0 bridgehead atoms. The van der Waals surface area contributed by atoms with E-state index in [0.29, 0.717) is 6.61 Å². The van der Waals surface area contributed by atoms with Crippen molar-refractivity contribution in [2.45, 2.75) is 19.9 Å². The van der Waals surface area contributed by atoms with Crippen LogP contribution >= 0.6 is 31.9 Å². The lowest BCUT2D eigenvalue weighted by atomic mass is 10.1. The lowest BCUT2D eigenvalue weighted by molar-refractivity contribution is 0.313. The first-order valence-electron chi connectivity index (χ1n) is 8.01. The number of ether oxygens (including phenoxy) is 1. The van der Waals surface area contributed by atoms with Crippen LogP contribution in [0.25, 0.3) is 10.8 Å². The summed E-state index contributed by atoms with van der Waals surface area (Å²) < 4.78 is 7.72. The highest BCUT2D eigenvalue weighted by Gasteiger charge is 2.09. The Morgan fingerprint density at radius 3 is 2.42 bits per heavy atom. The summed E-state index contributed by atoms with van der Waals surface area (Å²) in [5.41, 5.74) is 2.33. The van der Waals surface area contributed by atoms with Gasteiger partial charge in [0.15, 0.2) is 0 Å². The fourth-order valence-electron chi connectivity index (χ4n) is 2.63. The third kappa shape index (κ3) is 3.93. The Morgan fingerprint density at radius 2 is 1.67 bits per heavy atom. The molecule has 0 aromatic heterocycles. The smallest absolute Gasteiger partial charge is 0.147 e. The molecule has 0 atom stereocenters. The van der Waals surface area contributed by atoms with Crippen LogP contribution < -0.4 is 10.1 Å². The first-order valence-corrected chi connectivity index (χ1v) is 9.60. The lowest BCUT2D eigenvalue weighted by Gasteiger charge is -2.13. The zero-order chi connectivity index (χ0) is 16.9. The van der Waals surface area contributed by atoms with Gasteiger partial charge in [0.1, 0.15) is 5.75 Å². The number of anilines is 1. The van der Waals surface area contributed by atoms with Crippen molar-refractivity contribution in [1.82, 2.24) is 0 Å². The van der Waals surface area contributed by atoms with Crippen molar-refractivity contribution in [3.05, 3.63) is 69.1 Å². The van der Waals surface area contributed by atoms with Crippen LogP contribution in [0.15, 0.2) is 63.5 Å². The molecule has 2 nitrogen and oxygen atoms in total. The molecule has 0 heterocycles. The summed E-state index contributed by atoms with van der Waals surface area (Å²) in [6, 6.07) is 19.0. The van der Waals surface area contributed by atoms with E-state index in [-0.39, 0.29) is 0 Å². The number of nitrogens with one attached hydrogen (secondary N) is 1. The monoisotopic (exact) mass is 447 g/mol. The zero-order valence-electron chi connectivity index (χ0n) is 13.5. The molecule has 0 saturated heterocycles. The Labute approximate surface area is 159 Å². The fraction of sp³-hybridized carbons (Fsp3) is 0.200. The first kappa shape index (κ1) is 17.3. The van der Waals surface area contributed by atoms with Crippen LogP contribution in [0, 0.1) is 0 Å². The Hall–Kier alpha value is -1.52. The number of hydrogen-bond acceptors (Lipinski definition) is 2. The third-order valence-corrected chi connectivity index (χ3v) is 4.96. The summed E-state index contributed by atoms with van der Waals surface area (Å²) in [4.78, 5) is 0. The highest BCUT2D eigenvalue weighted by atomic mass is 79.9. The fourth-order valence-corrected chi connectivity index (χ4v) is 4.14. The molecule has 0 aliphatic heterocycles. The molecular weight excluding hydrogens is 430 g/mol. The molecule has 0 radical (unpaired) electrons. The Kier molecular flexibility index (Phi) is 5.80. The van der Waals surface area contributed by atoms with Gasteiger partial charge in [0.05, 0.1) is 15.6 Å². The molecular formula is C20H19Br2NO. The summed E-state index contributed by atoms with van der Waals surface area (Å²) in [5, 5.41) is 6.02. The van der Waals surface area contributed by atoms with Crippen molar-refractivity contribution in [3.63, 3.8) is 0 Å². The van der Waals surface area contributed by atoms with E-state index < -0.39 is 0 Å². The molecule has 0 aliphatic rings. The molecule has 3 aromatic carbocycles. The van der Waals surface area contributed by atoms with E-state index in [1.54, 1.807) is 0 Å². The van der Waals surface area contributed by atoms with Gasteiger partial charge in [0.2, 0.25) is 0 Å². The highest BCUT2D eigenvalue weighted by molar-refractivity contribution is 9.11. The molecule has 0 aliphatic carbocycles. The normalized spacial score (nSPS) is 10.8. The SMILES string of the molecule is CCCOc1c(Br)cc(CNc2cccc3ccccc23)cc1Br. The summed E-state index contributed by atoms with van der Waals surface area (Å²) in [5.74, 6) is 0.866. The average Bonchev–Trinajstić information content (AvgIpc) is 2.59. The van der Waals surface area contributed by atoms with Gasteiger partial charge in [-0.15, -0.1) is 0 Å². The standard InChI is InChI=1S/C20H19Br2NO/c1-2-10-24-20-17(21)11-14(12-18(20)22)13-23-19-9-5-7-15-6-3-4-8-16(15)19/h3-9,11-12,23H,2,10,13H2,1H3. The second kappa shape index (κ2) is 8.04. The van der Waals surface area contributed by atoms with Gasteiger partial charge < -0.3 is 10.1 Å². The summed E-state index contributed by atoms with van der Waals surface area (Å²) in [6.07, 6.45) is 0.989. The molecule has 0 fully saturated rings. The van der Waals surface area contributed by atoms with E-state index in [1.807, 2.05) is 0 Å². The molecule has 3 aromatic rings. The van der Waals surface area contributed by atoms with Gasteiger partial charge in [-0.1, -0.05) is 43.3 Å². The van der Waals surface area contributed by atoms with E-state index in [1.165, 1.54) is 16.3 Å². The second-order valence-electron chi connectivity index (χ2n) is 5.62. The third-order valence-electron chi connectivity index (χ3n) is 3.78. The molecule has 0 amide bonds. The maximum absolute atomic E-state index is 5.78. The van der Waals surface area contributed by atoms with Crippen molar-refractivity contribution >= 4 is 48.3 Å². The number of hydrogen-bond donors (Lipinski definition) is 1. The van der Waals surface area contributed by atoms with Gasteiger partial charge >= 0.3 is 0 Å². The maximum atomic E-state index is 5.78. The van der Waals surface area contributed by atoms with E-state index in [2.05, 4.69) is 98.7 Å². The summed E-state index contributed by atoms with van der Waals surface area (Å²) in [6.45, 7) is 3.56. The number of fused-ring (bicyclic) bond motifs is 1. The largest absolute Gasteiger partial charge is 0.491 e. The van der Waals surface area contributed by atoms with Crippen molar-refractivity contribution < 1.29 is 4.74 Å². The van der Waals surface area contributed by atoms with Gasteiger partial charge in [0.25, 0.3) is 0 Å². The molecule has 3 rings (SSSR count). The molecule has 0 saturated carbocycles. The number of rotatable bonds is 6. The highest BCUT2D eigenvalue weighted by Crippen LogP contribution is 2.35. The zero-order valence-corrected chi connectivity index (χ0v) is 16.7. The number of halogens is 2.